The Hall–Kier alpha value is -4.10. The maximum Gasteiger partial charge on any atom is 0.267 e. The van der Waals surface area contributed by atoms with Gasteiger partial charge in [-0.25, -0.2) is 4.98 Å². The summed E-state index contributed by atoms with van der Waals surface area (Å²) >= 11 is 5.97. The Bertz CT molecular complexity index is 1300. The van der Waals surface area contributed by atoms with Gasteiger partial charge in [0.2, 0.25) is 0 Å². The van der Waals surface area contributed by atoms with Gasteiger partial charge in [-0.3, -0.25) is 9.59 Å². The average Bonchev–Trinajstić information content (AvgIpc) is 3.27. The van der Waals surface area contributed by atoms with Crippen molar-refractivity contribution in [3.05, 3.63) is 100 Å². The SMILES string of the molecule is COc1ccc(C(=O)NC(=Cc2ccc(Cl)cc2)C(=O)NCCc2nc3ccccc3[nH]2)cc1. The van der Waals surface area contributed by atoms with E-state index in [1.54, 1.807) is 61.7 Å². The Labute approximate surface area is 201 Å². The van der Waals surface area contributed by atoms with Crippen molar-refractivity contribution in [1.29, 1.82) is 0 Å². The first-order valence-electron chi connectivity index (χ1n) is 10.7. The van der Waals surface area contributed by atoms with Crippen molar-refractivity contribution in [3.63, 3.8) is 0 Å². The summed E-state index contributed by atoms with van der Waals surface area (Å²) in [6.07, 6.45) is 2.12. The van der Waals surface area contributed by atoms with Crippen molar-refractivity contribution in [1.82, 2.24) is 20.6 Å². The molecule has 0 atom stereocenters. The van der Waals surface area contributed by atoms with Gasteiger partial charge in [0, 0.05) is 23.6 Å². The lowest BCUT2D eigenvalue weighted by Gasteiger charge is -2.11. The molecule has 0 bridgehead atoms. The fraction of sp³-hybridized carbons (Fsp3) is 0.115. The van der Waals surface area contributed by atoms with E-state index in [2.05, 4.69) is 20.6 Å². The zero-order valence-electron chi connectivity index (χ0n) is 18.5. The number of carbonyl (C=O) groups excluding carboxylic acids is 2. The number of rotatable bonds is 8. The zero-order valence-corrected chi connectivity index (χ0v) is 19.2. The van der Waals surface area contributed by atoms with Gasteiger partial charge in [0.25, 0.3) is 11.8 Å². The number of hydrogen-bond acceptors (Lipinski definition) is 4. The molecule has 1 heterocycles. The highest BCUT2D eigenvalue weighted by Gasteiger charge is 2.15. The van der Waals surface area contributed by atoms with Crippen LogP contribution < -0.4 is 15.4 Å². The second-order valence-corrected chi connectivity index (χ2v) is 7.94. The maximum absolute atomic E-state index is 13.0. The molecule has 172 valence electrons. The van der Waals surface area contributed by atoms with Gasteiger partial charge < -0.3 is 20.4 Å². The summed E-state index contributed by atoms with van der Waals surface area (Å²) in [5.41, 5.74) is 3.06. The summed E-state index contributed by atoms with van der Waals surface area (Å²) in [5.74, 6) is 0.590. The van der Waals surface area contributed by atoms with Crippen LogP contribution >= 0.6 is 11.6 Å². The number of benzene rings is 3. The summed E-state index contributed by atoms with van der Waals surface area (Å²) in [6.45, 7) is 0.342. The molecule has 0 saturated carbocycles. The first-order valence-corrected chi connectivity index (χ1v) is 11.0. The lowest BCUT2D eigenvalue weighted by molar-refractivity contribution is -0.117. The predicted molar refractivity (Wildman–Crippen MR) is 133 cm³/mol. The number of halogens is 1. The molecule has 3 aromatic carbocycles. The predicted octanol–water partition coefficient (Wildman–Crippen LogP) is 4.35. The van der Waals surface area contributed by atoms with Gasteiger partial charge in [0.15, 0.2) is 0 Å². The van der Waals surface area contributed by atoms with Gasteiger partial charge in [-0.1, -0.05) is 35.9 Å². The van der Waals surface area contributed by atoms with Gasteiger partial charge in [0.1, 0.15) is 17.3 Å². The number of aromatic amines is 1. The zero-order chi connectivity index (χ0) is 23.9. The van der Waals surface area contributed by atoms with E-state index in [0.29, 0.717) is 29.3 Å². The molecule has 4 aromatic rings. The van der Waals surface area contributed by atoms with E-state index in [-0.39, 0.29) is 5.70 Å². The van der Waals surface area contributed by atoms with Gasteiger partial charge in [-0.15, -0.1) is 0 Å². The van der Waals surface area contributed by atoms with Crippen LogP contribution in [0.4, 0.5) is 0 Å². The molecule has 0 aliphatic carbocycles. The van der Waals surface area contributed by atoms with Crippen LogP contribution in [-0.2, 0) is 11.2 Å². The molecule has 8 heteroatoms. The third-order valence-corrected chi connectivity index (χ3v) is 5.36. The van der Waals surface area contributed by atoms with Crippen LogP contribution in [0.2, 0.25) is 5.02 Å². The molecule has 0 aliphatic heterocycles. The standard InChI is InChI=1S/C26H23ClN4O3/c1-34-20-12-8-18(9-13-20)25(32)31-23(16-17-6-10-19(27)11-7-17)26(33)28-15-14-24-29-21-4-2-3-5-22(21)30-24/h2-13,16H,14-15H2,1H3,(H,28,33)(H,29,30)(H,31,32). The molecule has 3 N–H and O–H groups in total. The number of para-hydroxylation sites is 2. The summed E-state index contributed by atoms with van der Waals surface area (Å²) in [7, 11) is 1.55. The third kappa shape index (κ3) is 5.82. The Kier molecular flexibility index (Phi) is 7.25. The number of imidazole rings is 1. The van der Waals surface area contributed by atoms with Gasteiger partial charge in [-0.05, 0) is 60.2 Å². The maximum atomic E-state index is 13.0. The Morgan fingerprint density at radius 2 is 1.76 bits per heavy atom. The quantitative estimate of drug-likeness (QED) is 0.331. The van der Waals surface area contributed by atoms with E-state index in [4.69, 9.17) is 16.3 Å². The molecular weight excluding hydrogens is 452 g/mol. The fourth-order valence-corrected chi connectivity index (χ4v) is 3.46. The van der Waals surface area contributed by atoms with Crippen molar-refractivity contribution in [2.24, 2.45) is 0 Å². The molecule has 1 aromatic heterocycles. The van der Waals surface area contributed by atoms with Crippen molar-refractivity contribution >= 4 is 40.5 Å². The minimum absolute atomic E-state index is 0.118. The molecule has 2 amide bonds. The summed E-state index contributed by atoms with van der Waals surface area (Å²) in [4.78, 5) is 33.5. The fourth-order valence-electron chi connectivity index (χ4n) is 3.33. The van der Waals surface area contributed by atoms with E-state index >= 15 is 0 Å². The van der Waals surface area contributed by atoms with E-state index in [1.165, 1.54) is 0 Å². The highest BCUT2D eigenvalue weighted by atomic mass is 35.5. The number of carbonyl (C=O) groups is 2. The minimum Gasteiger partial charge on any atom is -0.497 e. The number of fused-ring (bicyclic) bond motifs is 1. The van der Waals surface area contributed by atoms with Gasteiger partial charge in [0.05, 0.1) is 18.1 Å². The van der Waals surface area contributed by atoms with Crippen molar-refractivity contribution in [2.75, 3.05) is 13.7 Å². The monoisotopic (exact) mass is 474 g/mol. The molecule has 0 radical (unpaired) electrons. The van der Waals surface area contributed by atoms with Crippen molar-refractivity contribution in [3.8, 4) is 5.75 Å². The van der Waals surface area contributed by atoms with Crippen LogP contribution in [0.15, 0.2) is 78.5 Å². The first-order chi connectivity index (χ1) is 16.5. The Morgan fingerprint density at radius 1 is 1.03 bits per heavy atom. The summed E-state index contributed by atoms with van der Waals surface area (Å²) < 4.78 is 5.13. The highest BCUT2D eigenvalue weighted by molar-refractivity contribution is 6.30. The Balaban J connectivity index is 1.47. The van der Waals surface area contributed by atoms with Crippen molar-refractivity contribution < 1.29 is 14.3 Å². The van der Waals surface area contributed by atoms with Crippen LogP contribution in [0.25, 0.3) is 17.1 Å². The average molecular weight is 475 g/mol. The van der Waals surface area contributed by atoms with Crippen LogP contribution in [0.3, 0.4) is 0 Å². The van der Waals surface area contributed by atoms with E-state index in [1.807, 2.05) is 24.3 Å². The number of aromatic nitrogens is 2. The molecule has 0 saturated heterocycles. The van der Waals surface area contributed by atoms with Gasteiger partial charge >= 0.3 is 0 Å². The molecular formula is C26H23ClN4O3. The number of methoxy groups -OCH3 is 1. The smallest absolute Gasteiger partial charge is 0.267 e. The number of amides is 2. The molecule has 7 nitrogen and oxygen atoms in total. The largest absolute Gasteiger partial charge is 0.497 e. The van der Waals surface area contributed by atoms with Crippen LogP contribution in [0.5, 0.6) is 5.75 Å². The van der Waals surface area contributed by atoms with E-state index < -0.39 is 11.8 Å². The minimum atomic E-state index is -0.409. The number of nitrogens with one attached hydrogen (secondary N) is 3. The normalized spacial score (nSPS) is 11.3. The second-order valence-electron chi connectivity index (χ2n) is 7.50. The lowest BCUT2D eigenvalue weighted by Crippen LogP contribution is -2.35. The Morgan fingerprint density at radius 3 is 2.47 bits per heavy atom. The van der Waals surface area contributed by atoms with Crippen LogP contribution in [-0.4, -0.2) is 35.4 Å². The lowest BCUT2D eigenvalue weighted by atomic mass is 10.1. The van der Waals surface area contributed by atoms with Crippen LogP contribution in [0.1, 0.15) is 21.7 Å². The molecule has 34 heavy (non-hydrogen) atoms. The van der Waals surface area contributed by atoms with E-state index in [9.17, 15) is 9.59 Å². The van der Waals surface area contributed by atoms with Gasteiger partial charge in [-0.2, -0.15) is 0 Å². The van der Waals surface area contributed by atoms with E-state index in [0.717, 1.165) is 22.4 Å². The topological polar surface area (TPSA) is 96.1 Å². The molecule has 0 fully saturated rings. The molecule has 0 unspecified atom stereocenters. The molecule has 0 aliphatic rings. The third-order valence-electron chi connectivity index (χ3n) is 5.11. The van der Waals surface area contributed by atoms with Crippen molar-refractivity contribution in [2.45, 2.75) is 6.42 Å². The second kappa shape index (κ2) is 10.7. The number of H-pyrrole nitrogens is 1. The summed E-state index contributed by atoms with van der Waals surface area (Å²) in [6, 6.07) is 21.3. The number of nitrogens with zero attached hydrogens (tertiary/aromatic N) is 1. The first kappa shape index (κ1) is 23.1. The molecule has 0 spiro atoms. The number of ether oxygens (including phenoxy) is 1. The highest BCUT2D eigenvalue weighted by Crippen LogP contribution is 2.14. The number of hydrogen-bond donors (Lipinski definition) is 3. The molecule has 4 rings (SSSR count). The van der Waals surface area contributed by atoms with Crippen LogP contribution in [0, 0.1) is 0 Å². The summed E-state index contributed by atoms with van der Waals surface area (Å²) in [5, 5.41) is 6.15.